The molecular weight excluding hydrogens is 256 g/mol. The van der Waals surface area contributed by atoms with Gasteiger partial charge in [0.1, 0.15) is 0 Å². The average molecular weight is 288 g/mol. The summed E-state index contributed by atoms with van der Waals surface area (Å²) in [7, 11) is 0. The van der Waals surface area contributed by atoms with Crippen molar-refractivity contribution >= 4 is 5.69 Å². The number of benzene rings is 1. The minimum atomic E-state index is 0.133. The normalized spacial score (nSPS) is 29.3. The molecule has 21 heavy (non-hydrogen) atoms. The largest absolute Gasteiger partial charge is 0.364 e. The Hall–Kier alpha value is -1.02. The van der Waals surface area contributed by atoms with Crippen LogP contribution in [0.3, 0.4) is 0 Å². The van der Waals surface area contributed by atoms with E-state index in [1.165, 1.54) is 37.8 Å². The summed E-state index contributed by atoms with van der Waals surface area (Å²) >= 11 is 0. The van der Waals surface area contributed by atoms with Crippen LogP contribution in [0.4, 0.5) is 5.69 Å². The van der Waals surface area contributed by atoms with E-state index >= 15 is 0 Å². The molecule has 0 spiro atoms. The van der Waals surface area contributed by atoms with Crippen molar-refractivity contribution in [3.8, 4) is 0 Å². The number of hydrogen-bond donors (Lipinski definition) is 1. The van der Waals surface area contributed by atoms with E-state index in [0.29, 0.717) is 5.92 Å². The minimum absolute atomic E-state index is 0.133. The molecule has 0 bridgehead atoms. The topological polar surface area (TPSA) is 29.3 Å². The molecule has 2 heteroatoms. The molecule has 0 amide bonds. The van der Waals surface area contributed by atoms with Gasteiger partial charge in [0.15, 0.2) is 0 Å². The van der Waals surface area contributed by atoms with E-state index in [1.807, 2.05) is 0 Å². The van der Waals surface area contributed by atoms with Gasteiger partial charge in [0.2, 0.25) is 0 Å². The van der Waals surface area contributed by atoms with Gasteiger partial charge in [-0.3, -0.25) is 0 Å². The molecule has 2 rings (SSSR count). The van der Waals surface area contributed by atoms with Gasteiger partial charge < -0.3 is 10.6 Å². The van der Waals surface area contributed by atoms with Crippen LogP contribution in [0.1, 0.15) is 52.9 Å². The van der Waals surface area contributed by atoms with Crippen LogP contribution < -0.4 is 10.6 Å². The van der Waals surface area contributed by atoms with Crippen molar-refractivity contribution in [3.63, 3.8) is 0 Å². The lowest BCUT2D eigenvalue weighted by atomic mass is 9.68. The first kappa shape index (κ1) is 16.4. The van der Waals surface area contributed by atoms with Crippen LogP contribution in [0, 0.1) is 11.8 Å². The number of nitrogens with two attached hydrogens (primary N) is 1. The Morgan fingerprint density at radius 1 is 1.19 bits per heavy atom. The maximum Gasteiger partial charge on any atom is 0.0552 e. The second kappa shape index (κ2) is 7.31. The predicted molar refractivity (Wildman–Crippen MR) is 92.7 cm³/mol. The fraction of sp³-hybridized carbons (Fsp3) is 0.684. The van der Waals surface area contributed by atoms with Gasteiger partial charge in [-0.2, -0.15) is 0 Å². The molecule has 0 heterocycles. The Morgan fingerprint density at radius 2 is 1.90 bits per heavy atom. The van der Waals surface area contributed by atoms with Crippen molar-refractivity contribution in [2.45, 2.75) is 58.4 Å². The van der Waals surface area contributed by atoms with E-state index in [0.717, 1.165) is 19.0 Å². The Morgan fingerprint density at radius 3 is 2.52 bits per heavy atom. The maximum atomic E-state index is 6.36. The molecule has 1 aliphatic rings. The molecule has 0 saturated heterocycles. The van der Waals surface area contributed by atoms with Gasteiger partial charge in [0, 0.05) is 18.8 Å². The lowest BCUT2D eigenvalue weighted by molar-refractivity contribution is 0.155. The third-order valence-electron chi connectivity index (χ3n) is 5.41. The zero-order valence-corrected chi connectivity index (χ0v) is 14.0. The molecule has 1 fully saturated rings. The summed E-state index contributed by atoms with van der Waals surface area (Å²) in [5.41, 5.74) is 7.84. The molecule has 3 unspecified atom stereocenters. The maximum absolute atomic E-state index is 6.36. The summed E-state index contributed by atoms with van der Waals surface area (Å²) in [6, 6.07) is 10.9. The van der Waals surface area contributed by atoms with Gasteiger partial charge in [0.05, 0.1) is 5.54 Å². The molecule has 1 saturated carbocycles. The zero-order chi connectivity index (χ0) is 15.3. The molecule has 0 radical (unpaired) electrons. The minimum Gasteiger partial charge on any atom is -0.364 e. The molecular formula is C19H32N2. The van der Waals surface area contributed by atoms with Gasteiger partial charge in [-0.15, -0.1) is 0 Å². The van der Waals surface area contributed by atoms with Crippen LogP contribution in [-0.2, 0) is 0 Å². The number of hydrogen-bond acceptors (Lipinski definition) is 2. The Labute approximate surface area is 130 Å². The summed E-state index contributed by atoms with van der Waals surface area (Å²) < 4.78 is 0. The number of unbranched alkanes of at least 4 members (excludes halogenated alkanes) is 1. The predicted octanol–water partition coefficient (Wildman–Crippen LogP) is 4.45. The van der Waals surface area contributed by atoms with Gasteiger partial charge in [-0.1, -0.05) is 51.8 Å². The third-order valence-corrected chi connectivity index (χ3v) is 5.41. The van der Waals surface area contributed by atoms with Gasteiger partial charge >= 0.3 is 0 Å². The monoisotopic (exact) mass is 288 g/mol. The van der Waals surface area contributed by atoms with Crippen molar-refractivity contribution < 1.29 is 0 Å². The van der Waals surface area contributed by atoms with Gasteiger partial charge in [-0.25, -0.2) is 0 Å². The van der Waals surface area contributed by atoms with Crippen LogP contribution in [-0.4, -0.2) is 18.6 Å². The van der Waals surface area contributed by atoms with E-state index in [4.69, 9.17) is 5.73 Å². The number of anilines is 1. The second-order valence-electron chi connectivity index (χ2n) is 6.94. The van der Waals surface area contributed by atoms with E-state index in [2.05, 4.69) is 56.0 Å². The van der Waals surface area contributed by atoms with Crippen molar-refractivity contribution in [2.75, 3.05) is 18.0 Å². The molecule has 2 nitrogen and oxygen atoms in total. The fourth-order valence-electron chi connectivity index (χ4n) is 4.01. The first-order valence-corrected chi connectivity index (χ1v) is 8.66. The molecule has 118 valence electrons. The SMILES string of the molecule is CCCCN(c1ccccc1)C1(CN)CC(C)CCC1C. The Kier molecular flexibility index (Phi) is 5.69. The zero-order valence-electron chi connectivity index (χ0n) is 14.0. The molecule has 3 atom stereocenters. The third kappa shape index (κ3) is 3.42. The van der Waals surface area contributed by atoms with Crippen LogP contribution >= 0.6 is 0 Å². The highest BCUT2D eigenvalue weighted by Gasteiger charge is 2.44. The summed E-state index contributed by atoms with van der Waals surface area (Å²) in [5.74, 6) is 1.44. The summed E-state index contributed by atoms with van der Waals surface area (Å²) in [6.45, 7) is 8.94. The lowest BCUT2D eigenvalue weighted by Crippen LogP contribution is -2.61. The van der Waals surface area contributed by atoms with E-state index in [1.54, 1.807) is 0 Å². The van der Waals surface area contributed by atoms with Crippen molar-refractivity contribution in [1.82, 2.24) is 0 Å². The Bertz CT molecular complexity index is 417. The standard InChI is InChI=1S/C19H32N2/c1-4-5-13-21(18-9-7-6-8-10-18)19(15-20)14-16(2)11-12-17(19)3/h6-10,16-17H,4-5,11-15,20H2,1-3H3. The molecule has 0 aromatic heterocycles. The van der Waals surface area contributed by atoms with Crippen molar-refractivity contribution in [3.05, 3.63) is 30.3 Å². The number of rotatable bonds is 6. The molecule has 1 aromatic carbocycles. The van der Waals surface area contributed by atoms with E-state index in [-0.39, 0.29) is 5.54 Å². The van der Waals surface area contributed by atoms with Crippen LogP contribution in [0.15, 0.2) is 30.3 Å². The summed E-state index contributed by atoms with van der Waals surface area (Å²) in [6.07, 6.45) is 6.34. The number of nitrogens with zero attached hydrogens (tertiary/aromatic N) is 1. The quantitative estimate of drug-likeness (QED) is 0.838. The highest BCUT2D eigenvalue weighted by atomic mass is 15.2. The van der Waals surface area contributed by atoms with Crippen molar-refractivity contribution in [1.29, 1.82) is 0 Å². The lowest BCUT2D eigenvalue weighted by Gasteiger charge is -2.53. The van der Waals surface area contributed by atoms with Crippen molar-refractivity contribution in [2.24, 2.45) is 17.6 Å². The fourth-order valence-corrected chi connectivity index (χ4v) is 4.01. The first-order chi connectivity index (χ1) is 10.1. The molecule has 1 aliphatic carbocycles. The van der Waals surface area contributed by atoms with E-state index in [9.17, 15) is 0 Å². The summed E-state index contributed by atoms with van der Waals surface area (Å²) in [4.78, 5) is 2.64. The number of para-hydroxylation sites is 1. The summed E-state index contributed by atoms with van der Waals surface area (Å²) in [5, 5.41) is 0. The molecule has 2 N–H and O–H groups in total. The average Bonchev–Trinajstić information content (AvgIpc) is 2.52. The smallest absolute Gasteiger partial charge is 0.0552 e. The highest BCUT2D eigenvalue weighted by molar-refractivity contribution is 5.49. The molecule has 1 aromatic rings. The van der Waals surface area contributed by atoms with Gasteiger partial charge in [-0.05, 0) is 43.2 Å². The molecule has 0 aliphatic heterocycles. The van der Waals surface area contributed by atoms with Crippen LogP contribution in [0.5, 0.6) is 0 Å². The van der Waals surface area contributed by atoms with E-state index < -0.39 is 0 Å². The Balaban J connectivity index is 2.36. The first-order valence-electron chi connectivity index (χ1n) is 8.66. The second-order valence-corrected chi connectivity index (χ2v) is 6.94. The van der Waals surface area contributed by atoms with Crippen LogP contribution in [0.25, 0.3) is 0 Å². The van der Waals surface area contributed by atoms with Gasteiger partial charge in [0.25, 0.3) is 0 Å². The highest BCUT2D eigenvalue weighted by Crippen LogP contribution is 2.42. The van der Waals surface area contributed by atoms with Crippen LogP contribution in [0.2, 0.25) is 0 Å².